The van der Waals surface area contributed by atoms with E-state index >= 15 is 0 Å². The van der Waals surface area contributed by atoms with Crippen LogP contribution < -0.4 is 0 Å². The first-order chi connectivity index (χ1) is 27.1. The van der Waals surface area contributed by atoms with Gasteiger partial charge in [-0.1, -0.05) is 143 Å². The third kappa shape index (κ3) is 11.3. The monoisotopic (exact) mass is 860 g/mol. The predicted molar refractivity (Wildman–Crippen MR) is 241 cm³/mol. The van der Waals surface area contributed by atoms with Crippen LogP contribution in [0.4, 0.5) is 0 Å². The summed E-state index contributed by atoms with van der Waals surface area (Å²) in [7, 11) is 11.0. The van der Waals surface area contributed by atoms with Crippen LogP contribution >= 0.6 is 17.0 Å². The van der Waals surface area contributed by atoms with Crippen LogP contribution in [0.25, 0.3) is 43.8 Å². The normalized spacial score (nSPS) is 16.4. The van der Waals surface area contributed by atoms with E-state index in [2.05, 4.69) is 129 Å². The van der Waals surface area contributed by atoms with Crippen LogP contribution in [0, 0.1) is 0 Å². The standard InChI is InChI=1S/C26H29.C23H25.C2H6Si.2ClH.Zr/c1-2-7-19(8-3-1)21-13-15-22(16-14-21)25-12-6-11-23-17-24(18-26(23)25)20-9-4-5-10-20;1-2-17-15-21-9-6-10-22(23(21)16-17)20-13-11-19(12-14-20)18-7-4-3-5-8-18;1-3-2;;;/h6,11-20H,1-5,7-10H2;6,9-16,18H,2-5,7-8H2,1H3;1-2H3;2*1H;/q2*-1;;;;+4/p-2. The average molecular weight is 863 g/mol. The molecule has 2 radical (unpaired) electrons. The molecule has 3 saturated carbocycles. The molecule has 4 heteroatoms. The van der Waals surface area contributed by atoms with Gasteiger partial charge in [-0.05, 0) is 85.0 Å². The predicted octanol–water partition coefficient (Wildman–Crippen LogP) is 16.9. The average Bonchev–Trinajstić information content (AvgIpc) is 4.03. The van der Waals surface area contributed by atoms with Gasteiger partial charge in [0.05, 0.1) is 0 Å². The molecule has 0 amide bonds. The molecule has 55 heavy (non-hydrogen) atoms. The van der Waals surface area contributed by atoms with Gasteiger partial charge in [0, 0.05) is 9.52 Å². The largest absolute Gasteiger partial charge is 0.164 e. The van der Waals surface area contributed by atoms with E-state index in [-0.39, 0.29) is 0 Å². The number of hydrogen-bond donors (Lipinski definition) is 0. The van der Waals surface area contributed by atoms with E-state index < -0.39 is 20.8 Å². The summed E-state index contributed by atoms with van der Waals surface area (Å²) < 4.78 is 0. The molecule has 0 aliphatic heterocycles. The molecule has 3 aliphatic carbocycles. The first kappa shape index (κ1) is 42.4. The van der Waals surface area contributed by atoms with Gasteiger partial charge in [-0.15, -0.1) is 69.1 Å². The topological polar surface area (TPSA) is 0 Å². The fraction of sp³-hybridized carbons (Fsp3) is 0.412. The molecule has 0 bridgehead atoms. The van der Waals surface area contributed by atoms with E-state index in [1.165, 1.54) is 145 Å². The van der Waals surface area contributed by atoms with Crippen molar-refractivity contribution in [3.05, 3.63) is 131 Å². The summed E-state index contributed by atoms with van der Waals surface area (Å²) in [5.74, 6) is 2.38. The van der Waals surface area contributed by atoms with Crippen LogP contribution in [0.15, 0.2) is 109 Å². The zero-order chi connectivity index (χ0) is 38.4. The molecular weight excluding hydrogens is 803 g/mol. The van der Waals surface area contributed by atoms with Gasteiger partial charge in [0.15, 0.2) is 0 Å². The Morgan fingerprint density at radius 1 is 0.545 bits per heavy atom. The summed E-state index contributed by atoms with van der Waals surface area (Å²) in [6.07, 6.45) is 20.6. The molecule has 0 nitrogen and oxygen atoms in total. The number of halogens is 2. The molecular formula is C51H60Cl2SiZr. The smallest absolute Gasteiger partial charge is 0.0162 e. The summed E-state index contributed by atoms with van der Waals surface area (Å²) in [4.78, 5) is 0. The Hall–Kier alpha value is -2.22. The van der Waals surface area contributed by atoms with Crippen molar-refractivity contribution in [3.8, 4) is 22.3 Å². The van der Waals surface area contributed by atoms with Crippen LogP contribution in [-0.2, 0) is 27.3 Å². The quantitative estimate of drug-likeness (QED) is 0.116. The Bertz CT molecular complexity index is 2000. The minimum atomic E-state index is -0.826. The molecule has 0 saturated heterocycles. The summed E-state index contributed by atoms with van der Waals surface area (Å²) in [6, 6.07) is 42.0. The summed E-state index contributed by atoms with van der Waals surface area (Å²) in [5, 5.41) is 5.63. The van der Waals surface area contributed by atoms with Crippen molar-refractivity contribution in [2.45, 2.75) is 134 Å². The Kier molecular flexibility index (Phi) is 17.0. The number of hydrogen-bond acceptors (Lipinski definition) is 0. The zero-order valence-electron chi connectivity index (χ0n) is 33.5. The van der Waals surface area contributed by atoms with Gasteiger partial charge in [-0.25, -0.2) is 0 Å². The van der Waals surface area contributed by atoms with Crippen molar-refractivity contribution in [1.29, 1.82) is 0 Å². The first-order valence-electron chi connectivity index (χ1n) is 21.2. The van der Waals surface area contributed by atoms with Gasteiger partial charge in [-0.2, -0.15) is 12.1 Å². The summed E-state index contributed by atoms with van der Waals surface area (Å²) in [5.41, 5.74) is 11.6. The van der Waals surface area contributed by atoms with Crippen molar-refractivity contribution in [3.63, 3.8) is 0 Å². The Balaban J connectivity index is 0.000000165. The van der Waals surface area contributed by atoms with Crippen LogP contribution in [0.2, 0.25) is 13.1 Å². The van der Waals surface area contributed by atoms with Crippen molar-refractivity contribution in [2.75, 3.05) is 0 Å². The van der Waals surface area contributed by atoms with Crippen LogP contribution in [0.5, 0.6) is 0 Å². The van der Waals surface area contributed by atoms with E-state index in [0.717, 1.165) is 33.7 Å². The second-order valence-electron chi connectivity index (χ2n) is 16.1. The van der Waals surface area contributed by atoms with Gasteiger partial charge in [-0.3, -0.25) is 0 Å². The molecule has 6 aromatic carbocycles. The molecule has 9 rings (SSSR count). The second kappa shape index (κ2) is 22.1. The van der Waals surface area contributed by atoms with Crippen molar-refractivity contribution in [2.24, 2.45) is 0 Å². The van der Waals surface area contributed by atoms with E-state index in [9.17, 15) is 0 Å². The maximum absolute atomic E-state index is 4.93. The Morgan fingerprint density at radius 2 is 0.945 bits per heavy atom. The number of benzene rings is 4. The van der Waals surface area contributed by atoms with Crippen LogP contribution in [0.3, 0.4) is 0 Å². The maximum Gasteiger partial charge on any atom is -0.0162 e. The van der Waals surface area contributed by atoms with Crippen molar-refractivity contribution in [1.82, 2.24) is 0 Å². The van der Waals surface area contributed by atoms with Gasteiger partial charge in [0.2, 0.25) is 0 Å². The number of rotatable bonds is 6. The van der Waals surface area contributed by atoms with E-state index in [1.54, 1.807) is 11.1 Å². The molecule has 286 valence electrons. The molecule has 0 N–H and O–H groups in total. The Morgan fingerprint density at radius 3 is 1.40 bits per heavy atom. The van der Waals surface area contributed by atoms with E-state index in [4.69, 9.17) is 17.0 Å². The molecule has 0 atom stereocenters. The molecule has 3 fully saturated rings. The van der Waals surface area contributed by atoms with Crippen molar-refractivity contribution < 1.29 is 20.8 Å². The van der Waals surface area contributed by atoms with Crippen molar-refractivity contribution >= 4 is 48.1 Å². The van der Waals surface area contributed by atoms with Crippen LogP contribution in [0.1, 0.15) is 137 Å². The molecule has 0 heterocycles. The first-order valence-corrected chi connectivity index (χ1v) is 29.5. The number of fused-ring (bicyclic) bond motifs is 2. The van der Waals surface area contributed by atoms with Gasteiger partial charge >= 0.3 is 37.9 Å². The molecule has 0 aromatic heterocycles. The van der Waals surface area contributed by atoms with Gasteiger partial charge in [0.25, 0.3) is 0 Å². The third-order valence-corrected chi connectivity index (χ3v) is 12.4. The van der Waals surface area contributed by atoms with Gasteiger partial charge in [0.1, 0.15) is 0 Å². The number of aryl methyl sites for hydroxylation is 1. The minimum absolute atomic E-state index is 0.791. The molecule has 3 aliphatic rings. The summed E-state index contributed by atoms with van der Waals surface area (Å²) in [6.45, 7) is 6.53. The fourth-order valence-corrected chi connectivity index (χ4v) is 9.50. The maximum atomic E-state index is 4.93. The molecule has 0 unspecified atom stereocenters. The second-order valence-corrected chi connectivity index (χ2v) is 20.8. The SMILES string of the molecule is CCc1cc2c(-c3ccc(C4CCCCC4)cc3)cccc2[cH-]1.C[Si]C.[Cl][Zr+2][Cl].c1cc(-c2ccc(C3CCCCC3)cc2)c2cc(C3CCCC3)[cH-]c2c1. The minimum Gasteiger partial charge on any atom is -0.164 e. The molecule has 0 spiro atoms. The van der Waals surface area contributed by atoms with Gasteiger partial charge < -0.3 is 0 Å². The third-order valence-electron chi connectivity index (χ3n) is 12.4. The Labute approximate surface area is 354 Å². The van der Waals surface area contributed by atoms with Crippen LogP contribution in [-0.4, -0.2) is 9.52 Å². The van der Waals surface area contributed by atoms with E-state index in [0.29, 0.717) is 0 Å². The molecule has 6 aromatic rings. The van der Waals surface area contributed by atoms with E-state index in [1.807, 2.05) is 0 Å². The fourth-order valence-electron chi connectivity index (χ4n) is 9.50. The zero-order valence-corrected chi connectivity index (χ0v) is 38.5. The summed E-state index contributed by atoms with van der Waals surface area (Å²) >= 11 is -0.826.